The summed E-state index contributed by atoms with van der Waals surface area (Å²) in [5.74, 6) is -0.421. The van der Waals surface area contributed by atoms with Crippen LogP contribution in [0.3, 0.4) is 0 Å². The zero-order valence-electron chi connectivity index (χ0n) is 12.2. The quantitative estimate of drug-likeness (QED) is 0.897. The first-order valence-corrected chi connectivity index (χ1v) is 7.72. The molecule has 20 heavy (non-hydrogen) atoms. The molecule has 112 valence electrons. The third kappa shape index (κ3) is 3.16. The molecule has 1 aromatic rings. The highest BCUT2D eigenvalue weighted by Crippen LogP contribution is 2.30. The molecule has 2 rings (SSSR count). The van der Waals surface area contributed by atoms with Gasteiger partial charge in [0.05, 0.1) is 11.1 Å². The van der Waals surface area contributed by atoms with Crippen LogP contribution in [0.25, 0.3) is 0 Å². The van der Waals surface area contributed by atoms with Crippen LogP contribution < -0.4 is 0 Å². The molecule has 1 fully saturated rings. The summed E-state index contributed by atoms with van der Waals surface area (Å²) in [6.07, 6.45) is 3.21. The zero-order chi connectivity index (χ0) is 14.8. The molecule has 0 spiro atoms. The van der Waals surface area contributed by atoms with Gasteiger partial charge in [0.25, 0.3) is 0 Å². The van der Waals surface area contributed by atoms with Gasteiger partial charge in [-0.05, 0) is 57.0 Å². The fourth-order valence-electron chi connectivity index (χ4n) is 3.01. The number of aliphatic hydroxyl groups is 1. The van der Waals surface area contributed by atoms with Crippen LogP contribution in [-0.2, 0) is 6.42 Å². The predicted molar refractivity (Wildman–Crippen MR) is 80.6 cm³/mol. The third-order valence-corrected chi connectivity index (χ3v) is 4.98. The summed E-state index contributed by atoms with van der Waals surface area (Å²) in [7, 11) is 0. The van der Waals surface area contributed by atoms with Gasteiger partial charge in [0.1, 0.15) is 5.82 Å². The normalized spacial score (nSPS) is 20.9. The van der Waals surface area contributed by atoms with Crippen LogP contribution in [0.5, 0.6) is 0 Å². The number of hydrogen-bond acceptors (Lipinski definition) is 2. The van der Waals surface area contributed by atoms with Gasteiger partial charge >= 0.3 is 0 Å². The van der Waals surface area contributed by atoms with Crippen LogP contribution in [0, 0.1) is 5.82 Å². The molecule has 0 aliphatic carbocycles. The number of rotatable bonds is 5. The smallest absolute Gasteiger partial charge is 0.142 e. The summed E-state index contributed by atoms with van der Waals surface area (Å²) < 4.78 is 13.5. The second-order valence-corrected chi connectivity index (χ2v) is 6.28. The van der Waals surface area contributed by atoms with E-state index in [1.54, 1.807) is 12.1 Å². The van der Waals surface area contributed by atoms with E-state index in [1.807, 2.05) is 0 Å². The van der Waals surface area contributed by atoms with Crippen molar-refractivity contribution < 1.29 is 9.50 Å². The fraction of sp³-hybridized carbons (Fsp3) is 0.625. The minimum absolute atomic E-state index is 0.126. The molecular weight excluding hydrogens is 277 g/mol. The Bertz CT molecular complexity index is 462. The standard InChI is InChI=1S/C16H23ClFNO/c1-3-16(2,19-8-4-5-9-19)15(20)11-12-6-7-13(17)14(18)10-12/h6-7,10,15,20H,3-5,8-9,11H2,1-2H3. The molecule has 0 radical (unpaired) electrons. The summed E-state index contributed by atoms with van der Waals surface area (Å²) >= 11 is 5.69. The Kier molecular flexibility index (Phi) is 5.05. The van der Waals surface area contributed by atoms with Gasteiger partial charge in [0.15, 0.2) is 0 Å². The van der Waals surface area contributed by atoms with Gasteiger partial charge in [-0.2, -0.15) is 0 Å². The van der Waals surface area contributed by atoms with E-state index in [1.165, 1.54) is 18.9 Å². The zero-order valence-corrected chi connectivity index (χ0v) is 13.0. The Morgan fingerprint density at radius 3 is 2.60 bits per heavy atom. The molecule has 1 aromatic carbocycles. The van der Waals surface area contributed by atoms with Crippen molar-refractivity contribution in [3.8, 4) is 0 Å². The number of likely N-dealkylation sites (tertiary alicyclic amines) is 1. The third-order valence-electron chi connectivity index (χ3n) is 4.68. The van der Waals surface area contributed by atoms with Gasteiger partial charge in [-0.1, -0.05) is 24.6 Å². The van der Waals surface area contributed by atoms with Gasteiger partial charge in [-0.3, -0.25) is 4.90 Å². The van der Waals surface area contributed by atoms with Crippen LogP contribution in [0.4, 0.5) is 4.39 Å². The summed E-state index contributed by atoms with van der Waals surface area (Å²) in [6, 6.07) is 4.76. The lowest BCUT2D eigenvalue weighted by Crippen LogP contribution is -2.53. The van der Waals surface area contributed by atoms with E-state index < -0.39 is 11.9 Å². The summed E-state index contributed by atoms with van der Waals surface area (Å²) in [5.41, 5.74) is 0.547. The number of hydrogen-bond donors (Lipinski definition) is 1. The molecule has 2 atom stereocenters. The second kappa shape index (κ2) is 6.42. The maximum absolute atomic E-state index is 13.5. The van der Waals surface area contributed by atoms with Crippen molar-refractivity contribution in [3.63, 3.8) is 0 Å². The van der Waals surface area contributed by atoms with Crippen molar-refractivity contribution in [1.29, 1.82) is 0 Å². The molecular formula is C16H23ClFNO. The summed E-state index contributed by atoms with van der Waals surface area (Å²) in [5, 5.41) is 10.8. The first kappa shape index (κ1) is 15.7. The highest BCUT2D eigenvalue weighted by atomic mass is 35.5. The highest BCUT2D eigenvalue weighted by Gasteiger charge is 2.38. The molecule has 2 unspecified atom stereocenters. The van der Waals surface area contributed by atoms with Crippen molar-refractivity contribution in [2.24, 2.45) is 0 Å². The van der Waals surface area contributed by atoms with Crippen molar-refractivity contribution in [3.05, 3.63) is 34.6 Å². The van der Waals surface area contributed by atoms with Crippen LogP contribution in [0.15, 0.2) is 18.2 Å². The van der Waals surface area contributed by atoms with E-state index in [0.717, 1.165) is 25.1 Å². The molecule has 1 saturated heterocycles. The number of aliphatic hydroxyl groups excluding tert-OH is 1. The lowest BCUT2D eigenvalue weighted by Gasteiger charge is -2.42. The van der Waals surface area contributed by atoms with Crippen LogP contribution in [0.2, 0.25) is 5.02 Å². The Morgan fingerprint density at radius 1 is 1.40 bits per heavy atom. The van der Waals surface area contributed by atoms with Crippen LogP contribution >= 0.6 is 11.6 Å². The first-order chi connectivity index (χ1) is 9.47. The van der Waals surface area contributed by atoms with Crippen molar-refractivity contribution in [1.82, 2.24) is 4.90 Å². The number of benzene rings is 1. The van der Waals surface area contributed by atoms with Crippen molar-refractivity contribution in [2.45, 2.75) is 51.2 Å². The Labute approximate surface area is 125 Å². The average molecular weight is 300 g/mol. The lowest BCUT2D eigenvalue weighted by atomic mass is 9.86. The fourth-order valence-corrected chi connectivity index (χ4v) is 3.13. The topological polar surface area (TPSA) is 23.5 Å². The van der Waals surface area contributed by atoms with Gasteiger partial charge in [-0.15, -0.1) is 0 Å². The highest BCUT2D eigenvalue weighted by molar-refractivity contribution is 6.30. The largest absolute Gasteiger partial charge is 0.391 e. The molecule has 0 amide bonds. The monoisotopic (exact) mass is 299 g/mol. The maximum atomic E-state index is 13.5. The number of halogens is 2. The van der Waals surface area contributed by atoms with Crippen LogP contribution in [-0.4, -0.2) is 34.7 Å². The Balaban J connectivity index is 2.12. The minimum Gasteiger partial charge on any atom is -0.391 e. The minimum atomic E-state index is -0.508. The van der Waals surface area contributed by atoms with Gasteiger partial charge in [-0.25, -0.2) is 4.39 Å². The second-order valence-electron chi connectivity index (χ2n) is 5.87. The van der Waals surface area contributed by atoms with E-state index in [4.69, 9.17) is 11.6 Å². The van der Waals surface area contributed by atoms with E-state index in [2.05, 4.69) is 18.7 Å². The lowest BCUT2D eigenvalue weighted by molar-refractivity contribution is -0.0117. The van der Waals surface area contributed by atoms with E-state index >= 15 is 0 Å². The van der Waals surface area contributed by atoms with Crippen LogP contribution in [0.1, 0.15) is 38.7 Å². The molecule has 1 aliphatic rings. The molecule has 1 aliphatic heterocycles. The van der Waals surface area contributed by atoms with Gasteiger partial charge in [0.2, 0.25) is 0 Å². The molecule has 1 heterocycles. The number of nitrogens with zero attached hydrogens (tertiary/aromatic N) is 1. The average Bonchev–Trinajstić information content (AvgIpc) is 2.96. The SMILES string of the molecule is CCC(C)(C(O)Cc1ccc(Cl)c(F)c1)N1CCCC1. The molecule has 4 heteroatoms. The summed E-state index contributed by atoms with van der Waals surface area (Å²) in [4.78, 5) is 2.37. The Morgan fingerprint density at radius 2 is 2.05 bits per heavy atom. The molecule has 2 nitrogen and oxygen atoms in total. The predicted octanol–water partition coefficient (Wildman–Crippen LogP) is 3.65. The Hall–Kier alpha value is -0.640. The van der Waals surface area contributed by atoms with Crippen molar-refractivity contribution >= 4 is 11.6 Å². The van der Waals surface area contributed by atoms with Gasteiger partial charge in [0, 0.05) is 12.0 Å². The maximum Gasteiger partial charge on any atom is 0.142 e. The molecule has 0 aromatic heterocycles. The molecule has 0 saturated carbocycles. The van der Waals surface area contributed by atoms with E-state index in [0.29, 0.717) is 6.42 Å². The van der Waals surface area contributed by atoms with E-state index in [9.17, 15) is 9.50 Å². The first-order valence-electron chi connectivity index (χ1n) is 7.34. The summed E-state index contributed by atoms with van der Waals surface area (Å²) in [6.45, 7) is 6.28. The van der Waals surface area contributed by atoms with Gasteiger partial charge < -0.3 is 5.11 Å². The van der Waals surface area contributed by atoms with E-state index in [-0.39, 0.29) is 10.6 Å². The van der Waals surface area contributed by atoms with Crippen molar-refractivity contribution in [2.75, 3.05) is 13.1 Å². The molecule has 1 N–H and O–H groups in total. The molecule has 0 bridgehead atoms.